The van der Waals surface area contributed by atoms with Gasteiger partial charge in [-0.2, -0.15) is 0 Å². The van der Waals surface area contributed by atoms with Crippen LogP contribution >= 0.6 is 0 Å². The van der Waals surface area contributed by atoms with Crippen molar-refractivity contribution in [3.63, 3.8) is 0 Å². The fraction of sp³-hybridized carbons (Fsp3) is 0.429. The van der Waals surface area contributed by atoms with Crippen LogP contribution in [0.4, 0.5) is 11.4 Å². The molecule has 2 aromatic carbocycles. The molecule has 0 aliphatic heterocycles. The summed E-state index contributed by atoms with van der Waals surface area (Å²) in [6, 6.07) is 10.8. The van der Waals surface area contributed by atoms with Gasteiger partial charge in [-0.25, -0.2) is 8.42 Å². The van der Waals surface area contributed by atoms with Crippen LogP contribution in [0.15, 0.2) is 47.4 Å². The Bertz CT molecular complexity index is 974. The normalized spacial score (nSPS) is 11.5. The zero-order valence-corrected chi connectivity index (χ0v) is 18.7. The van der Waals surface area contributed by atoms with Crippen LogP contribution in [-0.2, 0) is 10.0 Å². The van der Waals surface area contributed by atoms with Crippen LogP contribution < -0.4 is 9.04 Å². The highest BCUT2D eigenvalue weighted by molar-refractivity contribution is 7.92. The number of nitro benzene ring substituents is 1. The van der Waals surface area contributed by atoms with Gasteiger partial charge in [0.15, 0.2) is 0 Å². The maximum absolute atomic E-state index is 13.5. The molecule has 0 saturated carbocycles. The average molecular weight is 436 g/mol. The van der Waals surface area contributed by atoms with Crippen LogP contribution in [0.25, 0.3) is 0 Å². The second kappa shape index (κ2) is 10.4. The van der Waals surface area contributed by atoms with Gasteiger partial charge in [0, 0.05) is 6.54 Å². The predicted octanol–water partition coefficient (Wildman–Crippen LogP) is 3.84. The molecular weight excluding hydrogens is 406 g/mol. The van der Waals surface area contributed by atoms with Crippen LogP contribution in [0.1, 0.15) is 25.8 Å². The summed E-state index contributed by atoms with van der Waals surface area (Å²) >= 11 is 0. The van der Waals surface area contributed by atoms with Gasteiger partial charge in [0.1, 0.15) is 11.4 Å². The maximum atomic E-state index is 13.5. The highest BCUT2D eigenvalue weighted by Gasteiger charge is 2.30. The van der Waals surface area contributed by atoms with E-state index in [1.165, 1.54) is 31.4 Å². The minimum Gasteiger partial charge on any atom is -0.496 e. The van der Waals surface area contributed by atoms with E-state index in [1.807, 2.05) is 13.8 Å². The summed E-state index contributed by atoms with van der Waals surface area (Å²) in [6.45, 7) is 8.40. The summed E-state index contributed by atoms with van der Waals surface area (Å²) in [5.74, 6) is 0.293. The van der Waals surface area contributed by atoms with E-state index in [9.17, 15) is 18.5 Å². The number of hydrogen-bond donors (Lipinski definition) is 0. The summed E-state index contributed by atoms with van der Waals surface area (Å²) in [6.07, 6.45) is 0.538. The van der Waals surface area contributed by atoms with Gasteiger partial charge in [0.05, 0.1) is 23.0 Å². The summed E-state index contributed by atoms with van der Waals surface area (Å²) in [4.78, 5) is 13.4. The standard InChI is InChI=1S/C21H29N3O5S/c1-5-22(6-2)13-8-14-23(30(27,28)19-10-7-9-17(3)15-19)20-12-11-18(29-4)16-21(20)24(25)26/h7,9-12,15-16H,5-6,8,13-14H2,1-4H3. The van der Waals surface area contributed by atoms with E-state index >= 15 is 0 Å². The Morgan fingerprint density at radius 2 is 1.77 bits per heavy atom. The fourth-order valence-electron chi connectivity index (χ4n) is 3.24. The first-order chi connectivity index (χ1) is 14.2. The number of anilines is 1. The number of methoxy groups -OCH3 is 1. The van der Waals surface area contributed by atoms with Gasteiger partial charge in [-0.05, 0) is 62.8 Å². The molecule has 0 aromatic heterocycles. The average Bonchev–Trinajstić information content (AvgIpc) is 2.73. The van der Waals surface area contributed by atoms with Crippen molar-refractivity contribution in [2.75, 3.05) is 37.6 Å². The number of ether oxygens (including phenoxy) is 1. The fourth-order valence-corrected chi connectivity index (χ4v) is 4.86. The molecule has 0 atom stereocenters. The molecule has 164 valence electrons. The van der Waals surface area contributed by atoms with Crippen molar-refractivity contribution in [1.29, 1.82) is 0 Å². The molecular formula is C21H29N3O5S. The quantitative estimate of drug-likeness (QED) is 0.393. The van der Waals surface area contributed by atoms with Crippen molar-refractivity contribution in [1.82, 2.24) is 4.90 Å². The molecule has 0 fully saturated rings. The molecule has 2 rings (SSSR count). The number of benzene rings is 2. The van der Waals surface area contributed by atoms with Crippen molar-refractivity contribution in [3.05, 3.63) is 58.1 Å². The number of hydrogen-bond acceptors (Lipinski definition) is 6. The van der Waals surface area contributed by atoms with Gasteiger partial charge >= 0.3 is 0 Å². The van der Waals surface area contributed by atoms with Crippen molar-refractivity contribution in [3.8, 4) is 5.75 Å². The third-order valence-electron chi connectivity index (χ3n) is 4.96. The topological polar surface area (TPSA) is 93.0 Å². The molecule has 9 heteroatoms. The largest absolute Gasteiger partial charge is 0.496 e. The monoisotopic (exact) mass is 435 g/mol. The molecule has 0 radical (unpaired) electrons. The minimum absolute atomic E-state index is 0.0295. The van der Waals surface area contributed by atoms with E-state index in [4.69, 9.17) is 4.74 Å². The zero-order chi connectivity index (χ0) is 22.3. The van der Waals surface area contributed by atoms with Crippen molar-refractivity contribution in [2.24, 2.45) is 0 Å². The first-order valence-electron chi connectivity index (χ1n) is 9.88. The lowest BCUT2D eigenvalue weighted by molar-refractivity contribution is -0.384. The molecule has 0 heterocycles. The Kier molecular flexibility index (Phi) is 8.19. The first-order valence-corrected chi connectivity index (χ1v) is 11.3. The second-order valence-electron chi connectivity index (χ2n) is 6.89. The number of nitro groups is 1. The Balaban J connectivity index is 2.53. The number of aryl methyl sites for hydroxylation is 1. The lowest BCUT2D eigenvalue weighted by Crippen LogP contribution is -2.35. The molecule has 0 saturated heterocycles. The molecule has 0 spiro atoms. The van der Waals surface area contributed by atoms with Crippen molar-refractivity contribution < 1.29 is 18.1 Å². The van der Waals surface area contributed by atoms with E-state index in [2.05, 4.69) is 4.90 Å². The Labute approximate surface area is 178 Å². The third kappa shape index (κ3) is 5.48. The summed E-state index contributed by atoms with van der Waals surface area (Å²) in [5.41, 5.74) is 0.513. The lowest BCUT2D eigenvalue weighted by atomic mass is 10.2. The number of nitrogens with zero attached hydrogens (tertiary/aromatic N) is 3. The summed E-state index contributed by atoms with van der Waals surface area (Å²) in [7, 11) is -2.59. The summed E-state index contributed by atoms with van der Waals surface area (Å²) in [5, 5.41) is 11.7. The highest BCUT2D eigenvalue weighted by atomic mass is 32.2. The SMILES string of the molecule is CCN(CC)CCCN(c1ccc(OC)cc1[N+](=O)[O-])S(=O)(=O)c1cccc(C)c1. The maximum Gasteiger partial charge on any atom is 0.297 e. The smallest absolute Gasteiger partial charge is 0.297 e. The van der Waals surface area contributed by atoms with E-state index < -0.39 is 14.9 Å². The van der Waals surface area contributed by atoms with E-state index in [0.29, 0.717) is 18.7 Å². The third-order valence-corrected chi connectivity index (χ3v) is 6.76. The van der Waals surface area contributed by atoms with Gasteiger partial charge < -0.3 is 9.64 Å². The Morgan fingerprint density at radius 3 is 2.33 bits per heavy atom. The second-order valence-corrected chi connectivity index (χ2v) is 8.75. The highest BCUT2D eigenvalue weighted by Crippen LogP contribution is 2.35. The molecule has 0 aliphatic rings. The molecule has 0 unspecified atom stereocenters. The van der Waals surface area contributed by atoms with Crippen LogP contribution in [0, 0.1) is 17.0 Å². The number of sulfonamides is 1. The molecule has 0 aliphatic carbocycles. The Hall–Kier alpha value is -2.65. The van der Waals surface area contributed by atoms with Gasteiger partial charge in [-0.3, -0.25) is 14.4 Å². The van der Waals surface area contributed by atoms with Gasteiger partial charge in [-0.15, -0.1) is 0 Å². The van der Waals surface area contributed by atoms with E-state index in [-0.39, 0.29) is 22.8 Å². The van der Waals surface area contributed by atoms with Crippen LogP contribution in [0.3, 0.4) is 0 Å². The van der Waals surface area contributed by atoms with Crippen LogP contribution in [0.5, 0.6) is 5.75 Å². The van der Waals surface area contributed by atoms with Gasteiger partial charge in [-0.1, -0.05) is 26.0 Å². The van der Waals surface area contributed by atoms with Crippen LogP contribution in [-0.4, -0.2) is 51.5 Å². The van der Waals surface area contributed by atoms with Gasteiger partial charge in [0.25, 0.3) is 15.7 Å². The Morgan fingerprint density at radius 1 is 1.07 bits per heavy atom. The summed E-state index contributed by atoms with van der Waals surface area (Å²) < 4.78 is 33.2. The molecule has 0 N–H and O–H groups in total. The minimum atomic E-state index is -3.99. The number of rotatable bonds is 11. The van der Waals surface area contributed by atoms with E-state index in [0.717, 1.165) is 23.0 Å². The molecule has 30 heavy (non-hydrogen) atoms. The molecule has 8 nitrogen and oxygen atoms in total. The lowest BCUT2D eigenvalue weighted by Gasteiger charge is -2.26. The van der Waals surface area contributed by atoms with Crippen molar-refractivity contribution in [2.45, 2.75) is 32.1 Å². The first kappa shape index (κ1) is 23.6. The predicted molar refractivity (Wildman–Crippen MR) is 118 cm³/mol. The molecule has 0 amide bonds. The van der Waals surface area contributed by atoms with Crippen molar-refractivity contribution >= 4 is 21.4 Å². The van der Waals surface area contributed by atoms with Gasteiger partial charge in [0.2, 0.25) is 0 Å². The van der Waals surface area contributed by atoms with Crippen LogP contribution in [0.2, 0.25) is 0 Å². The molecule has 2 aromatic rings. The zero-order valence-electron chi connectivity index (χ0n) is 17.9. The van der Waals surface area contributed by atoms with E-state index in [1.54, 1.807) is 25.1 Å². The molecule has 0 bridgehead atoms.